The molecule has 0 aliphatic carbocycles. The van der Waals surface area contributed by atoms with Crippen LogP contribution in [0.15, 0.2) is 35.7 Å². The van der Waals surface area contributed by atoms with Crippen LogP contribution in [-0.2, 0) is 13.9 Å². The molecule has 0 saturated carbocycles. The molecule has 1 aromatic rings. The first-order valence-corrected chi connectivity index (χ1v) is 8.62. The predicted molar refractivity (Wildman–Crippen MR) is 85.3 cm³/mol. The van der Waals surface area contributed by atoms with Gasteiger partial charge in [-0.3, -0.25) is 9.32 Å². The van der Waals surface area contributed by atoms with Crippen molar-refractivity contribution in [3.8, 4) is 11.5 Å². The van der Waals surface area contributed by atoms with Crippen molar-refractivity contribution >= 4 is 19.5 Å². The molecule has 0 aromatic heterocycles. The average Bonchev–Trinajstić information content (AvgIpc) is 2.51. The van der Waals surface area contributed by atoms with Gasteiger partial charge < -0.3 is 9.26 Å². The predicted octanol–water partition coefficient (Wildman–Crippen LogP) is 4.19. The minimum absolute atomic E-state index is 0.0514. The molecule has 1 atom stereocenters. The normalized spacial score (nSPS) is 20.2. The molecule has 1 aliphatic heterocycles. The van der Waals surface area contributed by atoms with Crippen LogP contribution in [-0.4, -0.2) is 19.5 Å². The van der Waals surface area contributed by atoms with Crippen molar-refractivity contribution in [1.29, 1.82) is 0 Å². The van der Waals surface area contributed by atoms with E-state index in [1.165, 1.54) is 12.2 Å². The minimum atomic E-state index is -3.49. The van der Waals surface area contributed by atoms with Crippen molar-refractivity contribution < 1.29 is 23.1 Å². The topological polar surface area (TPSA) is 61.8 Å². The SMILES string of the molecule is CCOP1(=O)Oc2cc(OC)ccc2C=C1/C=C/C(=O)CC. The van der Waals surface area contributed by atoms with E-state index in [0.29, 0.717) is 23.2 Å². The number of ether oxygens (including phenoxy) is 1. The van der Waals surface area contributed by atoms with Crippen LogP contribution in [0.4, 0.5) is 0 Å². The van der Waals surface area contributed by atoms with E-state index in [0.717, 1.165) is 5.56 Å². The first kappa shape index (κ1) is 16.5. The third kappa shape index (κ3) is 3.49. The van der Waals surface area contributed by atoms with Crippen molar-refractivity contribution in [2.45, 2.75) is 20.3 Å². The molecule has 0 fully saturated rings. The lowest BCUT2D eigenvalue weighted by atomic mass is 10.1. The number of allylic oxidation sites excluding steroid dienone is 3. The number of fused-ring (bicyclic) bond motifs is 1. The van der Waals surface area contributed by atoms with Crippen molar-refractivity contribution in [2.75, 3.05) is 13.7 Å². The fraction of sp³-hybridized carbons (Fsp3) is 0.312. The summed E-state index contributed by atoms with van der Waals surface area (Å²) in [4.78, 5) is 11.5. The Morgan fingerprint density at radius 1 is 1.36 bits per heavy atom. The number of hydrogen-bond donors (Lipinski definition) is 0. The second-order valence-electron chi connectivity index (χ2n) is 4.63. The summed E-state index contributed by atoms with van der Waals surface area (Å²) in [5.41, 5.74) is 0.760. The van der Waals surface area contributed by atoms with E-state index in [4.69, 9.17) is 13.8 Å². The summed E-state index contributed by atoms with van der Waals surface area (Å²) in [7, 11) is -1.94. The van der Waals surface area contributed by atoms with Crippen molar-refractivity contribution in [2.24, 2.45) is 0 Å². The lowest BCUT2D eigenvalue weighted by molar-refractivity contribution is -0.114. The fourth-order valence-corrected chi connectivity index (χ4v) is 3.59. The second kappa shape index (κ2) is 6.95. The number of carbonyl (C=O) groups excluding carboxylic acids is 1. The van der Waals surface area contributed by atoms with Crippen LogP contribution in [0, 0.1) is 0 Å². The Balaban J connectivity index is 2.45. The van der Waals surface area contributed by atoms with Crippen molar-refractivity contribution in [1.82, 2.24) is 0 Å². The Kier molecular flexibility index (Phi) is 5.22. The largest absolute Gasteiger partial charge is 0.497 e. The lowest BCUT2D eigenvalue weighted by Crippen LogP contribution is -2.05. The molecular weight excluding hydrogens is 303 g/mol. The van der Waals surface area contributed by atoms with Gasteiger partial charge in [-0.1, -0.05) is 6.92 Å². The van der Waals surface area contributed by atoms with Crippen molar-refractivity contribution in [3.63, 3.8) is 0 Å². The maximum absolute atomic E-state index is 12.9. The highest BCUT2D eigenvalue weighted by Gasteiger charge is 2.34. The second-order valence-corrected chi connectivity index (χ2v) is 6.58. The molecule has 6 heteroatoms. The van der Waals surface area contributed by atoms with E-state index in [2.05, 4.69) is 0 Å². The smallest absolute Gasteiger partial charge is 0.410 e. The van der Waals surface area contributed by atoms with E-state index < -0.39 is 7.60 Å². The maximum atomic E-state index is 12.9. The van der Waals surface area contributed by atoms with Gasteiger partial charge >= 0.3 is 7.60 Å². The minimum Gasteiger partial charge on any atom is -0.497 e. The highest BCUT2D eigenvalue weighted by atomic mass is 31.2. The molecule has 2 rings (SSSR count). The van der Waals surface area contributed by atoms with Crippen LogP contribution >= 0.6 is 7.60 Å². The van der Waals surface area contributed by atoms with Gasteiger partial charge in [0.25, 0.3) is 0 Å². The molecule has 1 heterocycles. The van der Waals surface area contributed by atoms with E-state index >= 15 is 0 Å². The molecule has 1 aliphatic rings. The van der Waals surface area contributed by atoms with Crippen LogP contribution in [0.2, 0.25) is 0 Å². The summed E-state index contributed by atoms with van der Waals surface area (Å²) in [5, 5.41) is 0.369. The highest BCUT2D eigenvalue weighted by molar-refractivity contribution is 7.59. The zero-order chi connectivity index (χ0) is 16.2. The molecule has 1 unspecified atom stereocenters. The first-order valence-electron chi connectivity index (χ1n) is 7.07. The summed E-state index contributed by atoms with van der Waals surface area (Å²) in [6.45, 7) is 3.74. The van der Waals surface area contributed by atoms with Crippen LogP contribution < -0.4 is 9.26 Å². The van der Waals surface area contributed by atoms with E-state index in [9.17, 15) is 9.36 Å². The number of ketones is 1. The van der Waals surface area contributed by atoms with Crippen LogP contribution in [0.3, 0.4) is 0 Å². The summed E-state index contributed by atoms with van der Waals surface area (Å²) in [6.07, 6.45) is 5.01. The molecule has 0 saturated heterocycles. The van der Waals surface area contributed by atoms with Gasteiger partial charge in [-0.05, 0) is 37.3 Å². The van der Waals surface area contributed by atoms with Crippen molar-refractivity contribution in [3.05, 3.63) is 41.2 Å². The molecule has 118 valence electrons. The van der Waals surface area contributed by atoms with Crippen LogP contribution in [0.25, 0.3) is 6.08 Å². The Hall–Kier alpha value is -1.84. The van der Waals surface area contributed by atoms with Gasteiger partial charge in [0, 0.05) is 18.1 Å². The molecular formula is C16H19O5P. The van der Waals surface area contributed by atoms with Gasteiger partial charge in [-0.25, -0.2) is 4.57 Å². The molecule has 0 N–H and O–H groups in total. The van der Waals surface area contributed by atoms with Crippen LogP contribution in [0.1, 0.15) is 25.8 Å². The van der Waals surface area contributed by atoms with Gasteiger partial charge in [0.2, 0.25) is 0 Å². The summed E-state index contributed by atoms with van der Waals surface area (Å²) in [6, 6.07) is 5.25. The van der Waals surface area contributed by atoms with Gasteiger partial charge in [0.05, 0.1) is 19.0 Å². The number of methoxy groups -OCH3 is 1. The van der Waals surface area contributed by atoms with Gasteiger partial charge in [-0.15, -0.1) is 0 Å². The van der Waals surface area contributed by atoms with Gasteiger partial charge in [0.15, 0.2) is 5.78 Å². The summed E-state index contributed by atoms with van der Waals surface area (Å²) >= 11 is 0. The first-order chi connectivity index (χ1) is 10.5. The molecule has 0 amide bonds. The third-order valence-electron chi connectivity index (χ3n) is 3.15. The highest BCUT2D eigenvalue weighted by Crippen LogP contribution is 2.60. The standard InChI is InChI=1S/C16H19O5P/c1-4-13(17)7-9-15-10-12-6-8-14(19-3)11-16(12)21-22(15,18)20-5-2/h6-11H,4-5H2,1-3H3/b9-7+. The molecule has 5 nitrogen and oxygen atoms in total. The van der Waals surface area contributed by atoms with Gasteiger partial charge in [-0.2, -0.15) is 0 Å². The van der Waals surface area contributed by atoms with Gasteiger partial charge in [0.1, 0.15) is 11.5 Å². The monoisotopic (exact) mass is 322 g/mol. The zero-order valence-corrected chi connectivity index (χ0v) is 13.8. The zero-order valence-electron chi connectivity index (χ0n) is 12.9. The Bertz CT molecular complexity index is 675. The molecule has 0 spiro atoms. The third-order valence-corrected chi connectivity index (χ3v) is 5.09. The summed E-state index contributed by atoms with van der Waals surface area (Å²) in [5.74, 6) is 0.995. The lowest BCUT2D eigenvalue weighted by Gasteiger charge is -2.25. The van der Waals surface area contributed by atoms with E-state index in [1.807, 2.05) is 0 Å². The Labute approximate surface area is 130 Å². The van der Waals surface area contributed by atoms with E-state index in [1.54, 1.807) is 45.2 Å². The van der Waals surface area contributed by atoms with E-state index in [-0.39, 0.29) is 12.4 Å². The summed E-state index contributed by atoms with van der Waals surface area (Å²) < 4.78 is 29.0. The molecule has 0 bridgehead atoms. The maximum Gasteiger partial charge on any atom is 0.410 e. The Morgan fingerprint density at radius 2 is 2.14 bits per heavy atom. The fourth-order valence-electron chi connectivity index (χ4n) is 1.97. The van der Waals surface area contributed by atoms with Crippen LogP contribution in [0.5, 0.6) is 11.5 Å². The number of hydrogen-bond acceptors (Lipinski definition) is 5. The molecule has 1 aromatic carbocycles. The average molecular weight is 322 g/mol. The quantitative estimate of drug-likeness (QED) is 0.580. The number of carbonyl (C=O) groups is 1. The molecule has 0 radical (unpaired) electrons. The number of benzene rings is 1. The number of rotatable bonds is 6. The molecule has 22 heavy (non-hydrogen) atoms. The Morgan fingerprint density at radius 3 is 2.77 bits per heavy atom.